The van der Waals surface area contributed by atoms with E-state index in [9.17, 15) is 9.59 Å². The van der Waals surface area contributed by atoms with Crippen molar-refractivity contribution < 1.29 is 19.1 Å². The second-order valence-corrected chi connectivity index (χ2v) is 14.7. The van der Waals surface area contributed by atoms with Gasteiger partial charge in [-0.25, -0.2) is 9.97 Å². The molecule has 0 aliphatic carbocycles. The molecule has 1 atom stereocenters. The molecule has 53 heavy (non-hydrogen) atoms. The molecule has 2 fully saturated rings. The Bertz CT molecular complexity index is 2050. The van der Waals surface area contributed by atoms with Gasteiger partial charge in [-0.2, -0.15) is 5.10 Å². The molecule has 4 aliphatic rings. The van der Waals surface area contributed by atoms with Crippen LogP contribution in [0.1, 0.15) is 55.4 Å². The molecule has 2 aromatic heterocycles. The van der Waals surface area contributed by atoms with Crippen molar-refractivity contribution in [3.8, 4) is 17.3 Å². The summed E-state index contributed by atoms with van der Waals surface area (Å²) in [5.41, 5.74) is 7.83. The van der Waals surface area contributed by atoms with Crippen LogP contribution in [0.4, 0.5) is 5.69 Å². The first-order valence-corrected chi connectivity index (χ1v) is 18.6. The molecule has 2 saturated heterocycles. The van der Waals surface area contributed by atoms with E-state index in [1.54, 1.807) is 18.1 Å². The lowest BCUT2D eigenvalue weighted by atomic mass is 9.85. The maximum Gasteiger partial charge on any atom is 0.237 e. The van der Waals surface area contributed by atoms with E-state index in [1.807, 2.05) is 48.0 Å². The number of hydrogen-bond donors (Lipinski definition) is 0. The van der Waals surface area contributed by atoms with E-state index >= 15 is 0 Å². The summed E-state index contributed by atoms with van der Waals surface area (Å²) in [6, 6.07) is 18.4. The topological polar surface area (TPSA) is 118 Å². The minimum atomic E-state index is -0.453. The smallest absolute Gasteiger partial charge is 0.237 e. The number of aromatic nitrogens is 4. The number of anilines is 1. The first-order valence-electron chi connectivity index (χ1n) is 18.6. The number of carbonyl (C=O) groups excluding carboxylic acids is 2. The molecule has 0 radical (unpaired) electrons. The summed E-state index contributed by atoms with van der Waals surface area (Å²) in [7, 11) is 1.67. The Morgan fingerprint density at radius 1 is 0.962 bits per heavy atom. The Kier molecular flexibility index (Phi) is 9.65. The standard InChI is InChI=1S/C41H46N8O4/c1-28(2)53-36-11-9-33(24-42-36)38-35-22-34(10-8-32(35)23-43-38)49-19-15-41(40(49)51)14-18-46(26-41)25-37(50)47-16-12-30(13-17-47)29-4-6-31(7-5-29)39-44-27-48(45-39)20-21-52-3/h4-12,22,24,27-28H,13-21,23,25-26H2,1-3H3/t41-/m0/s1. The second kappa shape index (κ2) is 14.7. The van der Waals surface area contributed by atoms with Gasteiger partial charge in [-0.3, -0.25) is 24.2 Å². The van der Waals surface area contributed by atoms with E-state index in [4.69, 9.17) is 14.5 Å². The highest BCUT2D eigenvalue weighted by Gasteiger charge is 2.51. The lowest BCUT2D eigenvalue weighted by Crippen LogP contribution is -2.43. The normalized spacial score (nSPS) is 20.0. The van der Waals surface area contributed by atoms with Crippen molar-refractivity contribution in [1.29, 1.82) is 0 Å². The number of aliphatic imine (C=N–C) groups is 1. The molecule has 2 aromatic carbocycles. The molecule has 12 nitrogen and oxygen atoms in total. The van der Waals surface area contributed by atoms with Crippen LogP contribution in [0, 0.1) is 5.41 Å². The van der Waals surface area contributed by atoms with Crippen molar-refractivity contribution in [2.45, 2.75) is 52.3 Å². The summed E-state index contributed by atoms with van der Waals surface area (Å²) >= 11 is 0. The van der Waals surface area contributed by atoms with Gasteiger partial charge in [0.15, 0.2) is 5.82 Å². The molecule has 2 amide bonds. The van der Waals surface area contributed by atoms with Gasteiger partial charge in [0, 0.05) is 67.9 Å². The fourth-order valence-electron chi connectivity index (χ4n) is 7.96. The predicted octanol–water partition coefficient (Wildman–Crippen LogP) is 4.87. The summed E-state index contributed by atoms with van der Waals surface area (Å²) in [5.74, 6) is 1.56. The van der Waals surface area contributed by atoms with Gasteiger partial charge >= 0.3 is 0 Å². The summed E-state index contributed by atoms with van der Waals surface area (Å²) in [6.07, 6.45) is 8.11. The van der Waals surface area contributed by atoms with E-state index < -0.39 is 5.41 Å². The zero-order valence-electron chi connectivity index (χ0n) is 30.7. The Morgan fingerprint density at radius 2 is 1.77 bits per heavy atom. The number of rotatable bonds is 11. The van der Waals surface area contributed by atoms with Crippen molar-refractivity contribution >= 4 is 28.8 Å². The monoisotopic (exact) mass is 714 g/mol. The van der Waals surface area contributed by atoms with Crippen molar-refractivity contribution in [3.05, 3.63) is 95.5 Å². The molecule has 4 aliphatic heterocycles. The van der Waals surface area contributed by atoms with Crippen molar-refractivity contribution in [2.75, 3.05) is 57.9 Å². The maximum absolute atomic E-state index is 14.1. The Balaban J connectivity index is 0.857. The average Bonchev–Trinajstić information content (AvgIpc) is 3.98. The third kappa shape index (κ3) is 7.13. The number of nitrogens with zero attached hydrogens (tertiary/aromatic N) is 8. The SMILES string of the molecule is COCCn1cnc(-c2ccc(C3=CCN(C(=O)CN4CC[C@]5(CCN(c6ccc7c(c6)C(c6ccc(OC(C)C)nc6)=NC7)C5=O)C4)CC3)cc2)n1. The van der Waals surface area contributed by atoms with Crippen LogP contribution >= 0.6 is 0 Å². The van der Waals surface area contributed by atoms with Crippen LogP contribution in [0.3, 0.4) is 0 Å². The summed E-state index contributed by atoms with van der Waals surface area (Å²) in [6.45, 7) is 9.46. The fourth-order valence-corrected chi connectivity index (χ4v) is 7.96. The Morgan fingerprint density at radius 3 is 2.53 bits per heavy atom. The van der Waals surface area contributed by atoms with Gasteiger partial charge in [0.2, 0.25) is 17.7 Å². The third-order valence-electron chi connectivity index (χ3n) is 10.9. The number of hydrogen-bond acceptors (Lipinski definition) is 9. The van der Waals surface area contributed by atoms with Gasteiger partial charge in [0.25, 0.3) is 0 Å². The number of methoxy groups -OCH3 is 1. The van der Waals surface area contributed by atoms with Crippen LogP contribution in [0.15, 0.2) is 78.2 Å². The third-order valence-corrected chi connectivity index (χ3v) is 10.9. The highest BCUT2D eigenvalue weighted by atomic mass is 16.5. The fraction of sp³-hybridized carbons (Fsp3) is 0.415. The largest absolute Gasteiger partial charge is 0.475 e. The molecule has 1 spiro atoms. The van der Waals surface area contributed by atoms with Crippen LogP contribution in [0.25, 0.3) is 17.0 Å². The molecule has 6 heterocycles. The molecule has 12 heteroatoms. The van der Waals surface area contributed by atoms with Crippen molar-refractivity contribution in [2.24, 2.45) is 10.4 Å². The van der Waals surface area contributed by atoms with Crippen molar-refractivity contribution in [1.82, 2.24) is 29.5 Å². The highest BCUT2D eigenvalue weighted by molar-refractivity contribution is 6.16. The summed E-state index contributed by atoms with van der Waals surface area (Å²) in [5, 5.41) is 4.54. The van der Waals surface area contributed by atoms with Gasteiger partial charge in [0.1, 0.15) is 6.33 Å². The molecule has 8 rings (SSSR count). The van der Waals surface area contributed by atoms with E-state index in [2.05, 4.69) is 62.4 Å². The average molecular weight is 715 g/mol. The maximum atomic E-state index is 14.1. The number of pyridine rings is 1. The number of likely N-dealkylation sites (tertiary alicyclic amines) is 1. The Labute approximate surface area is 310 Å². The molecule has 0 unspecified atom stereocenters. The minimum absolute atomic E-state index is 0.0553. The van der Waals surface area contributed by atoms with Gasteiger partial charge in [-0.15, -0.1) is 0 Å². The molecule has 4 aromatic rings. The lowest BCUT2D eigenvalue weighted by Gasteiger charge is -2.29. The van der Waals surface area contributed by atoms with Crippen LogP contribution in [0.5, 0.6) is 5.88 Å². The zero-order chi connectivity index (χ0) is 36.5. The number of amides is 2. The highest BCUT2D eigenvalue weighted by Crippen LogP contribution is 2.43. The number of benzene rings is 2. The van der Waals surface area contributed by atoms with Crippen LogP contribution in [0.2, 0.25) is 0 Å². The molecular weight excluding hydrogens is 669 g/mol. The minimum Gasteiger partial charge on any atom is -0.475 e. The number of carbonyl (C=O) groups is 2. The van der Waals surface area contributed by atoms with E-state index in [1.165, 1.54) is 5.57 Å². The first-order chi connectivity index (χ1) is 25.8. The van der Waals surface area contributed by atoms with Gasteiger partial charge in [-0.1, -0.05) is 36.4 Å². The second-order valence-electron chi connectivity index (χ2n) is 14.7. The van der Waals surface area contributed by atoms with Crippen molar-refractivity contribution in [3.63, 3.8) is 0 Å². The molecule has 0 saturated carbocycles. The Hall–Kier alpha value is -5.20. The summed E-state index contributed by atoms with van der Waals surface area (Å²) < 4.78 is 12.6. The van der Waals surface area contributed by atoms with Crippen LogP contribution in [-0.4, -0.2) is 106 Å². The zero-order valence-corrected chi connectivity index (χ0v) is 30.7. The summed E-state index contributed by atoms with van der Waals surface area (Å²) in [4.78, 5) is 47.3. The molecule has 0 bridgehead atoms. The van der Waals surface area contributed by atoms with E-state index in [0.717, 1.165) is 65.0 Å². The van der Waals surface area contributed by atoms with E-state index in [-0.39, 0.29) is 17.9 Å². The lowest BCUT2D eigenvalue weighted by molar-refractivity contribution is -0.132. The van der Waals surface area contributed by atoms with Crippen LogP contribution in [-0.2, 0) is 27.4 Å². The van der Waals surface area contributed by atoms with Crippen LogP contribution < -0.4 is 9.64 Å². The van der Waals surface area contributed by atoms with Gasteiger partial charge in [-0.05, 0) is 74.6 Å². The quantitative estimate of drug-likeness (QED) is 0.216. The van der Waals surface area contributed by atoms with Gasteiger partial charge < -0.3 is 19.3 Å². The first kappa shape index (κ1) is 34.9. The number of fused-ring (bicyclic) bond motifs is 1. The molecule has 0 N–H and O–H groups in total. The predicted molar refractivity (Wildman–Crippen MR) is 203 cm³/mol. The number of ether oxygens (including phenoxy) is 2. The molecular formula is C41H46N8O4. The van der Waals surface area contributed by atoms with Gasteiger partial charge in [0.05, 0.1) is 43.5 Å². The molecule has 274 valence electrons. The van der Waals surface area contributed by atoms with E-state index in [0.29, 0.717) is 64.1 Å².